The minimum atomic E-state index is -3.37. The third-order valence-corrected chi connectivity index (χ3v) is 5.75. The van der Waals surface area contributed by atoms with Gasteiger partial charge in [0, 0.05) is 6.42 Å². The van der Waals surface area contributed by atoms with Crippen molar-refractivity contribution in [2.24, 2.45) is 5.92 Å². The number of benzene rings is 1. The normalized spacial score (nSPS) is 15.0. The molecule has 1 aromatic heterocycles. The zero-order valence-electron chi connectivity index (χ0n) is 11.8. The predicted molar refractivity (Wildman–Crippen MR) is 83.9 cm³/mol. The van der Waals surface area contributed by atoms with Crippen molar-refractivity contribution in [2.45, 2.75) is 25.7 Å². The fraction of sp³-hybridized carbons (Fsp3) is 0.429. The van der Waals surface area contributed by atoms with Crippen molar-refractivity contribution in [1.82, 2.24) is 10.2 Å². The van der Waals surface area contributed by atoms with E-state index in [0.717, 1.165) is 24.2 Å². The monoisotopic (exact) mass is 341 g/mol. The molecule has 0 atom stereocenters. The van der Waals surface area contributed by atoms with Crippen LogP contribution in [-0.2, 0) is 16.4 Å². The number of hydrogen-bond acceptors (Lipinski definition) is 5. The molecule has 1 aliphatic carbocycles. The Labute approximate surface area is 132 Å². The Morgan fingerprint density at radius 1 is 1.27 bits per heavy atom. The maximum Gasteiger partial charge on any atom is 0.234 e. The van der Waals surface area contributed by atoms with Gasteiger partial charge in [0.05, 0.1) is 5.75 Å². The van der Waals surface area contributed by atoms with Crippen LogP contribution in [0.15, 0.2) is 24.3 Å². The second kappa shape index (κ2) is 6.29. The van der Waals surface area contributed by atoms with E-state index >= 15 is 0 Å². The standard InChI is InChI=1S/C14H16FN3O2S2/c15-12-4-2-1-3-11(12)9-13-16-17-14(21-13)18-22(19,20)8-7-10-5-6-10/h1-4,10H,5-9H2,(H,17,18). The van der Waals surface area contributed by atoms with E-state index in [9.17, 15) is 12.8 Å². The van der Waals surface area contributed by atoms with E-state index in [1.807, 2.05) is 0 Å². The number of nitrogens with one attached hydrogen (secondary N) is 1. The summed E-state index contributed by atoms with van der Waals surface area (Å²) in [6.45, 7) is 0. The zero-order valence-corrected chi connectivity index (χ0v) is 13.5. The van der Waals surface area contributed by atoms with Gasteiger partial charge >= 0.3 is 0 Å². The molecule has 0 amide bonds. The third kappa shape index (κ3) is 4.23. The number of anilines is 1. The number of nitrogens with zero attached hydrogens (tertiary/aromatic N) is 2. The van der Waals surface area contributed by atoms with Crippen LogP contribution in [0.25, 0.3) is 0 Å². The van der Waals surface area contributed by atoms with E-state index in [1.165, 1.54) is 6.07 Å². The van der Waals surface area contributed by atoms with Crippen molar-refractivity contribution in [3.8, 4) is 0 Å². The molecule has 5 nitrogen and oxygen atoms in total. The van der Waals surface area contributed by atoms with Gasteiger partial charge in [-0.25, -0.2) is 12.8 Å². The molecule has 1 aromatic carbocycles. The molecular weight excluding hydrogens is 325 g/mol. The number of hydrogen-bond donors (Lipinski definition) is 1. The fourth-order valence-corrected chi connectivity index (χ4v) is 4.30. The summed E-state index contributed by atoms with van der Waals surface area (Å²) in [5.41, 5.74) is 0.516. The minimum absolute atomic E-state index is 0.111. The second-order valence-corrected chi connectivity index (χ2v) is 8.33. The van der Waals surface area contributed by atoms with Gasteiger partial charge < -0.3 is 0 Å². The Bertz CT molecular complexity index is 757. The van der Waals surface area contributed by atoms with E-state index in [2.05, 4.69) is 14.9 Å². The topological polar surface area (TPSA) is 72.0 Å². The average molecular weight is 341 g/mol. The molecule has 1 saturated carbocycles. The summed E-state index contributed by atoms with van der Waals surface area (Å²) in [5.74, 6) is 0.367. The quantitative estimate of drug-likeness (QED) is 0.840. The van der Waals surface area contributed by atoms with Crippen molar-refractivity contribution in [2.75, 3.05) is 10.5 Å². The van der Waals surface area contributed by atoms with E-state index in [1.54, 1.807) is 18.2 Å². The average Bonchev–Trinajstić information content (AvgIpc) is 3.21. The first-order chi connectivity index (χ1) is 10.5. The van der Waals surface area contributed by atoms with Crippen molar-refractivity contribution in [3.63, 3.8) is 0 Å². The van der Waals surface area contributed by atoms with Gasteiger partial charge in [-0.1, -0.05) is 42.4 Å². The van der Waals surface area contributed by atoms with Gasteiger partial charge in [0.2, 0.25) is 15.2 Å². The molecule has 3 rings (SSSR count). The van der Waals surface area contributed by atoms with Crippen LogP contribution >= 0.6 is 11.3 Å². The SMILES string of the molecule is O=S(=O)(CCC1CC1)Nc1nnc(Cc2ccccc2F)s1. The van der Waals surface area contributed by atoms with Crippen molar-refractivity contribution in [1.29, 1.82) is 0 Å². The van der Waals surface area contributed by atoms with E-state index < -0.39 is 10.0 Å². The number of halogens is 1. The maximum atomic E-state index is 13.6. The third-order valence-electron chi connectivity index (χ3n) is 3.50. The molecular formula is C14H16FN3O2S2. The van der Waals surface area contributed by atoms with Crippen LogP contribution in [0.5, 0.6) is 0 Å². The summed E-state index contributed by atoms with van der Waals surface area (Å²) in [6.07, 6.45) is 3.24. The lowest BCUT2D eigenvalue weighted by atomic mass is 10.1. The highest BCUT2D eigenvalue weighted by Gasteiger charge is 2.24. The molecule has 2 aromatic rings. The lowest BCUT2D eigenvalue weighted by molar-refractivity contribution is 0.595. The molecule has 0 bridgehead atoms. The van der Waals surface area contributed by atoms with Gasteiger partial charge in [-0.15, -0.1) is 10.2 Å². The highest BCUT2D eigenvalue weighted by atomic mass is 32.2. The first-order valence-corrected chi connectivity index (χ1v) is 9.55. The van der Waals surface area contributed by atoms with Gasteiger partial charge in [-0.3, -0.25) is 4.72 Å². The number of aromatic nitrogens is 2. The fourth-order valence-electron chi connectivity index (χ4n) is 2.08. The van der Waals surface area contributed by atoms with Gasteiger partial charge in [-0.2, -0.15) is 0 Å². The van der Waals surface area contributed by atoms with Crippen LogP contribution in [0.1, 0.15) is 29.8 Å². The molecule has 8 heteroatoms. The Morgan fingerprint density at radius 2 is 2.05 bits per heavy atom. The second-order valence-electron chi connectivity index (χ2n) is 5.42. The van der Waals surface area contributed by atoms with Gasteiger partial charge in [0.15, 0.2) is 0 Å². The molecule has 1 heterocycles. The Kier molecular flexibility index (Phi) is 4.39. The maximum absolute atomic E-state index is 13.6. The molecule has 0 saturated heterocycles. The number of rotatable bonds is 7. The Morgan fingerprint density at radius 3 is 2.77 bits per heavy atom. The van der Waals surface area contributed by atoms with Crippen molar-refractivity contribution >= 4 is 26.5 Å². The predicted octanol–water partition coefficient (Wildman–Crippen LogP) is 2.81. The van der Waals surface area contributed by atoms with Gasteiger partial charge in [-0.05, 0) is 24.0 Å². The summed E-state index contributed by atoms with van der Waals surface area (Å²) in [7, 11) is -3.37. The molecule has 22 heavy (non-hydrogen) atoms. The molecule has 1 N–H and O–H groups in total. The van der Waals surface area contributed by atoms with E-state index in [0.29, 0.717) is 29.3 Å². The minimum Gasteiger partial charge on any atom is -0.257 e. The summed E-state index contributed by atoms with van der Waals surface area (Å²) in [4.78, 5) is 0. The van der Waals surface area contributed by atoms with E-state index in [4.69, 9.17) is 0 Å². The molecule has 118 valence electrons. The molecule has 0 unspecified atom stereocenters. The van der Waals surface area contributed by atoms with Crippen LogP contribution in [0.2, 0.25) is 0 Å². The van der Waals surface area contributed by atoms with Crippen molar-refractivity contribution < 1.29 is 12.8 Å². The van der Waals surface area contributed by atoms with Crippen LogP contribution < -0.4 is 4.72 Å². The Balaban J connectivity index is 1.62. The molecule has 1 aliphatic rings. The first kappa shape index (κ1) is 15.4. The van der Waals surface area contributed by atoms with Crippen molar-refractivity contribution in [3.05, 3.63) is 40.7 Å². The lowest BCUT2D eigenvalue weighted by Crippen LogP contribution is -2.16. The molecule has 0 aliphatic heterocycles. The summed E-state index contributed by atoms with van der Waals surface area (Å²) in [5, 5.41) is 8.56. The van der Waals surface area contributed by atoms with Crippen LogP contribution in [-0.4, -0.2) is 24.4 Å². The highest BCUT2D eigenvalue weighted by molar-refractivity contribution is 7.92. The largest absolute Gasteiger partial charge is 0.257 e. The molecule has 0 radical (unpaired) electrons. The van der Waals surface area contributed by atoms with Crippen LogP contribution in [0.3, 0.4) is 0 Å². The smallest absolute Gasteiger partial charge is 0.234 e. The summed E-state index contributed by atoms with van der Waals surface area (Å²) < 4.78 is 39.9. The van der Waals surface area contributed by atoms with Crippen LogP contribution in [0, 0.1) is 11.7 Å². The first-order valence-electron chi connectivity index (χ1n) is 7.08. The number of sulfonamides is 1. The van der Waals surface area contributed by atoms with Crippen LogP contribution in [0.4, 0.5) is 9.52 Å². The van der Waals surface area contributed by atoms with Gasteiger partial charge in [0.25, 0.3) is 0 Å². The lowest BCUT2D eigenvalue weighted by Gasteiger charge is -2.03. The highest BCUT2D eigenvalue weighted by Crippen LogP contribution is 2.32. The van der Waals surface area contributed by atoms with Gasteiger partial charge in [0.1, 0.15) is 10.8 Å². The molecule has 0 spiro atoms. The van der Waals surface area contributed by atoms with E-state index in [-0.39, 0.29) is 16.7 Å². The molecule has 1 fully saturated rings. The zero-order chi connectivity index (χ0) is 15.6. The summed E-state index contributed by atoms with van der Waals surface area (Å²) in [6, 6.07) is 6.44. The summed E-state index contributed by atoms with van der Waals surface area (Å²) >= 11 is 1.13. The Hall–Kier alpha value is -1.54.